The van der Waals surface area contributed by atoms with Crippen LogP contribution in [0.15, 0.2) is 78.9 Å². The summed E-state index contributed by atoms with van der Waals surface area (Å²) in [5.74, 6) is -1.41. The van der Waals surface area contributed by atoms with Gasteiger partial charge in [0, 0.05) is 25.2 Å². The zero-order chi connectivity index (χ0) is 29.4. The van der Waals surface area contributed by atoms with Gasteiger partial charge in [0.05, 0.1) is 6.54 Å². The maximum absolute atomic E-state index is 12.7. The summed E-state index contributed by atoms with van der Waals surface area (Å²) in [5.41, 5.74) is 4.61. The third-order valence-electron chi connectivity index (χ3n) is 6.71. The molecule has 0 spiro atoms. The fourth-order valence-electron chi connectivity index (χ4n) is 4.84. The second-order valence-corrected chi connectivity index (χ2v) is 11.1. The van der Waals surface area contributed by atoms with Crippen molar-refractivity contribution in [2.24, 2.45) is 0 Å². The first-order valence-electron chi connectivity index (χ1n) is 13.8. The van der Waals surface area contributed by atoms with Gasteiger partial charge in [-0.1, -0.05) is 78.9 Å². The second kappa shape index (κ2) is 13.3. The van der Waals surface area contributed by atoms with Crippen LogP contribution in [0.1, 0.15) is 56.2 Å². The van der Waals surface area contributed by atoms with Crippen molar-refractivity contribution in [2.45, 2.75) is 57.6 Å². The molecule has 0 bridgehead atoms. The summed E-state index contributed by atoms with van der Waals surface area (Å²) in [6, 6.07) is 24.5. The zero-order valence-corrected chi connectivity index (χ0v) is 23.6. The predicted octanol–water partition coefficient (Wildman–Crippen LogP) is 4.94. The molecule has 41 heavy (non-hydrogen) atoms. The SMILES string of the molecule is CC(C)(C)OC(=O)[C@H](Cc1ccccc1)NC(=O)CCC(=O)CNC(=O)OCC1c2ccccc2-c2ccccc21. The molecule has 0 heterocycles. The fourth-order valence-corrected chi connectivity index (χ4v) is 4.84. The van der Waals surface area contributed by atoms with Crippen LogP contribution in [-0.2, 0) is 30.3 Å². The number of ketones is 1. The molecule has 2 N–H and O–H groups in total. The van der Waals surface area contributed by atoms with Gasteiger partial charge in [0.25, 0.3) is 0 Å². The lowest BCUT2D eigenvalue weighted by Crippen LogP contribution is -2.45. The molecule has 8 heteroatoms. The molecule has 0 aliphatic heterocycles. The van der Waals surface area contributed by atoms with Crippen LogP contribution in [0.3, 0.4) is 0 Å². The van der Waals surface area contributed by atoms with Crippen LogP contribution < -0.4 is 10.6 Å². The van der Waals surface area contributed by atoms with Crippen LogP contribution in [0.2, 0.25) is 0 Å². The van der Waals surface area contributed by atoms with Crippen molar-refractivity contribution in [2.75, 3.05) is 13.2 Å². The van der Waals surface area contributed by atoms with Gasteiger partial charge in [-0.3, -0.25) is 9.59 Å². The number of Topliss-reactive ketones (excluding diaryl/α,β-unsaturated/α-hetero) is 1. The summed E-state index contributed by atoms with van der Waals surface area (Å²) >= 11 is 0. The molecule has 8 nitrogen and oxygen atoms in total. The summed E-state index contributed by atoms with van der Waals surface area (Å²) in [6.07, 6.45) is -0.655. The molecule has 3 aromatic rings. The first-order valence-corrected chi connectivity index (χ1v) is 13.8. The Labute approximate surface area is 240 Å². The van der Waals surface area contributed by atoms with E-state index in [2.05, 4.69) is 22.8 Å². The van der Waals surface area contributed by atoms with Gasteiger partial charge in [0.15, 0.2) is 5.78 Å². The number of nitrogens with one attached hydrogen (secondary N) is 2. The standard InChI is InChI=1S/C33H36N2O6/c1-33(2,3)41-31(38)29(19-22-11-5-4-6-12-22)35-30(37)18-17-23(36)20-34-32(39)40-21-28-26-15-9-7-13-24(26)25-14-8-10-16-27(25)28/h4-16,28-29H,17-21H2,1-3H3,(H,34,39)(H,35,37)/t29-/m0/s1. The number of carbonyl (C=O) groups excluding carboxylic acids is 4. The van der Waals surface area contributed by atoms with E-state index >= 15 is 0 Å². The van der Waals surface area contributed by atoms with Gasteiger partial charge < -0.3 is 20.1 Å². The van der Waals surface area contributed by atoms with Crippen molar-refractivity contribution in [3.8, 4) is 11.1 Å². The molecular weight excluding hydrogens is 520 g/mol. The van der Waals surface area contributed by atoms with E-state index in [0.29, 0.717) is 0 Å². The Morgan fingerprint density at radius 1 is 0.805 bits per heavy atom. The van der Waals surface area contributed by atoms with Gasteiger partial charge in [0.1, 0.15) is 18.2 Å². The maximum Gasteiger partial charge on any atom is 0.407 e. The minimum absolute atomic E-state index is 0.0821. The third kappa shape index (κ3) is 8.27. The molecule has 3 aromatic carbocycles. The Kier molecular flexibility index (Phi) is 9.55. The molecule has 0 aromatic heterocycles. The average Bonchev–Trinajstić information content (AvgIpc) is 3.26. The highest BCUT2D eigenvalue weighted by atomic mass is 16.6. The first kappa shape index (κ1) is 29.5. The third-order valence-corrected chi connectivity index (χ3v) is 6.71. The first-order chi connectivity index (χ1) is 19.6. The molecule has 214 valence electrons. The second-order valence-electron chi connectivity index (χ2n) is 11.1. The monoisotopic (exact) mass is 556 g/mol. The van der Waals surface area contributed by atoms with E-state index in [0.717, 1.165) is 27.8 Å². The molecular formula is C33H36N2O6. The van der Waals surface area contributed by atoms with Crippen molar-refractivity contribution in [1.29, 1.82) is 0 Å². The van der Waals surface area contributed by atoms with Crippen LogP contribution in [0.5, 0.6) is 0 Å². The van der Waals surface area contributed by atoms with E-state index in [1.807, 2.05) is 66.7 Å². The van der Waals surface area contributed by atoms with Gasteiger partial charge in [-0.25, -0.2) is 9.59 Å². The number of hydrogen-bond acceptors (Lipinski definition) is 6. The van der Waals surface area contributed by atoms with Gasteiger partial charge >= 0.3 is 12.1 Å². The van der Waals surface area contributed by atoms with Crippen LogP contribution in [0, 0.1) is 0 Å². The van der Waals surface area contributed by atoms with E-state index in [1.165, 1.54) is 0 Å². The van der Waals surface area contributed by atoms with Crippen LogP contribution in [-0.4, -0.2) is 48.5 Å². The zero-order valence-electron chi connectivity index (χ0n) is 23.6. The smallest absolute Gasteiger partial charge is 0.407 e. The summed E-state index contributed by atoms with van der Waals surface area (Å²) in [5, 5.41) is 5.18. The topological polar surface area (TPSA) is 111 Å². The van der Waals surface area contributed by atoms with Crippen LogP contribution in [0.25, 0.3) is 11.1 Å². The molecule has 2 amide bonds. The highest BCUT2D eigenvalue weighted by molar-refractivity contribution is 5.90. The summed E-state index contributed by atoms with van der Waals surface area (Å²) < 4.78 is 10.9. The number of esters is 1. The van der Waals surface area contributed by atoms with Crippen molar-refractivity contribution in [3.63, 3.8) is 0 Å². The lowest BCUT2D eigenvalue weighted by atomic mass is 9.98. The molecule has 0 fully saturated rings. The molecule has 1 aliphatic rings. The average molecular weight is 557 g/mol. The Bertz CT molecular complexity index is 1350. The largest absolute Gasteiger partial charge is 0.458 e. The van der Waals surface area contributed by atoms with Crippen molar-refractivity contribution < 1.29 is 28.7 Å². The number of carbonyl (C=O) groups is 4. The highest BCUT2D eigenvalue weighted by Crippen LogP contribution is 2.44. The lowest BCUT2D eigenvalue weighted by molar-refractivity contribution is -0.158. The molecule has 0 radical (unpaired) electrons. The van der Waals surface area contributed by atoms with E-state index in [9.17, 15) is 19.2 Å². The highest BCUT2D eigenvalue weighted by Gasteiger charge is 2.29. The van der Waals surface area contributed by atoms with E-state index < -0.39 is 29.6 Å². The molecule has 1 atom stereocenters. The minimum Gasteiger partial charge on any atom is -0.458 e. The summed E-state index contributed by atoms with van der Waals surface area (Å²) in [4.78, 5) is 50.1. The number of ether oxygens (including phenoxy) is 2. The predicted molar refractivity (Wildman–Crippen MR) is 155 cm³/mol. The van der Waals surface area contributed by atoms with Crippen molar-refractivity contribution in [1.82, 2.24) is 10.6 Å². The molecule has 4 rings (SSSR count). The molecule has 0 unspecified atom stereocenters. The summed E-state index contributed by atoms with van der Waals surface area (Å²) in [7, 11) is 0. The number of rotatable bonds is 11. The maximum atomic E-state index is 12.7. The lowest BCUT2D eigenvalue weighted by Gasteiger charge is -2.24. The van der Waals surface area contributed by atoms with Crippen LogP contribution >= 0.6 is 0 Å². The van der Waals surface area contributed by atoms with Gasteiger partial charge in [-0.2, -0.15) is 0 Å². The van der Waals surface area contributed by atoms with Gasteiger partial charge in [-0.15, -0.1) is 0 Å². The fraction of sp³-hybridized carbons (Fsp3) is 0.333. The Morgan fingerprint density at radius 3 is 2.00 bits per heavy atom. The minimum atomic E-state index is -0.891. The number of benzene rings is 3. The normalized spacial score (nSPS) is 13.0. The number of alkyl carbamates (subject to hydrolysis) is 1. The quantitative estimate of drug-likeness (QED) is 0.324. The van der Waals surface area contributed by atoms with Crippen LogP contribution in [0.4, 0.5) is 4.79 Å². The Balaban J connectivity index is 1.23. The van der Waals surface area contributed by atoms with E-state index in [1.54, 1.807) is 20.8 Å². The molecule has 0 saturated carbocycles. The number of fused-ring (bicyclic) bond motifs is 3. The van der Waals surface area contributed by atoms with E-state index in [-0.39, 0.29) is 44.1 Å². The van der Waals surface area contributed by atoms with Gasteiger partial charge in [0.2, 0.25) is 5.91 Å². The number of amides is 2. The van der Waals surface area contributed by atoms with Gasteiger partial charge in [-0.05, 0) is 48.6 Å². The summed E-state index contributed by atoms with van der Waals surface area (Å²) in [6.45, 7) is 5.16. The van der Waals surface area contributed by atoms with E-state index in [4.69, 9.17) is 9.47 Å². The van der Waals surface area contributed by atoms with Crippen molar-refractivity contribution >= 4 is 23.8 Å². The molecule has 1 aliphatic carbocycles. The Morgan fingerprint density at radius 2 is 1.39 bits per heavy atom. The molecule has 0 saturated heterocycles. The number of hydrogen-bond donors (Lipinski definition) is 2. The Hall–Kier alpha value is -4.46. The van der Waals surface area contributed by atoms with Crippen molar-refractivity contribution in [3.05, 3.63) is 95.6 Å².